The van der Waals surface area contributed by atoms with Crippen LogP contribution in [0, 0.1) is 11.3 Å². The summed E-state index contributed by atoms with van der Waals surface area (Å²) < 4.78 is 6.50. The first-order chi connectivity index (χ1) is 8.67. The minimum atomic E-state index is -0.420. The van der Waals surface area contributed by atoms with Gasteiger partial charge >= 0.3 is 0 Å². The Kier molecular flexibility index (Phi) is 3.02. The zero-order valence-corrected chi connectivity index (χ0v) is 9.75. The zero-order chi connectivity index (χ0) is 13.1. The molecular formula is C13H11N3O2. The number of nitrogens with two attached hydrogens (primary N) is 1. The SMILES string of the molecule is COc1ccccc1-n1cc(N)cc(C#N)c1=O. The first-order valence-electron chi connectivity index (χ1n) is 5.23. The molecule has 0 amide bonds. The van der Waals surface area contributed by atoms with Crippen molar-refractivity contribution in [3.63, 3.8) is 0 Å². The largest absolute Gasteiger partial charge is 0.495 e. The lowest BCUT2D eigenvalue weighted by atomic mass is 10.2. The summed E-state index contributed by atoms with van der Waals surface area (Å²) in [6.45, 7) is 0. The van der Waals surface area contributed by atoms with Gasteiger partial charge in [-0.15, -0.1) is 0 Å². The molecule has 0 saturated carbocycles. The van der Waals surface area contributed by atoms with E-state index in [1.165, 1.54) is 23.9 Å². The Hall–Kier alpha value is -2.74. The van der Waals surface area contributed by atoms with Crippen LogP contribution in [0.4, 0.5) is 5.69 Å². The molecule has 0 unspecified atom stereocenters. The van der Waals surface area contributed by atoms with Crippen LogP contribution in [0.5, 0.6) is 5.75 Å². The van der Waals surface area contributed by atoms with E-state index < -0.39 is 5.56 Å². The summed E-state index contributed by atoms with van der Waals surface area (Å²) in [6.07, 6.45) is 1.47. The number of ether oxygens (including phenoxy) is 1. The van der Waals surface area contributed by atoms with Gasteiger partial charge in [-0.2, -0.15) is 5.26 Å². The van der Waals surface area contributed by atoms with Crippen molar-refractivity contribution < 1.29 is 4.74 Å². The van der Waals surface area contributed by atoms with Crippen LogP contribution in [-0.4, -0.2) is 11.7 Å². The summed E-state index contributed by atoms with van der Waals surface area (Å²) in [6, 6.07) is 10.2. The van der Waals surface area contributed by atoms with E-state index >= 15 is 0 Å². The van der Waals surface area contributed by atoms with Crippen molar-refractivity contribution in [3.8, 4) is 17.5 Å². The molecule has 90 valence electrons. The first-order valence-corrected chi connectivity index (χ1v) is 5.23. The summed E-state index contributed by atoms with van der Waals surface area (Å²) in [4.78, 5) is 12.1. The first kappa shape index (κ1) is 11.7. The van der Waals surface area contributed by atoms with Gasteiger partial charge in [-0.05, 0) is 18.2 Å². The maximum Gasteiger partial charge on any atom is 0.273 e. The van der Waals surface area contributed by atoms with Gasteiger partial charge < -0.3 is 10.5 Å². The molecule has 1 aromatic carbocycles. The second-order valence-corrected chi connectivity index (χ2v) is 3.65. The quantitative estimate of drug-likeness (QED) is 0.859. The predicted molar refractivity (Wildman–Crippen MR) is 67.7 cm³/mol. The van der Waals surface area contributed by atoms with Crippen LogP contribution in [0.1, 0.15) is 5.56 Å². The van der Waals surface area contributed by atoms with Gasteiger partial charge in [0.25, 0.3) is 5.56 Å². The molecule has 1 heterocycles. The fraction of sp³-hybridized carbons (Fsp3) is 0.0769. The second kappa shape index (κ2) is 4.63. The van der Waals surface area contributed by atoms with Crippen molar-refractivity contribution in [2.45, 2.75) is 0 Å². The number of nitrogens with zero attached hydrogens (tertiary/aromatic N) is 2. The van der Waals surface area contributed by atoms with E-state index in [-0.39, 0.29) is 5.56 Å². The Morgan fingerprint density at radius 3 is 2.78 bits per heavy atom. The monoisotopic (exact) mass is 241 g/mol. The van der Waals surface area contributed by atoms with E-state index in [1.54, 1.807) is 24.3 Å². The van der Waals surface area contributed by atoms with Gasteiger partial charge in [0.05, 0.1) is 12.8 Å². The van der Waals surface area contributed by atoms with E-state index in [0.29, 0.717) is 17.1 Å². The predicted octanol–water partition coefficient (Wildman–Crippen LogP) is 1.30. The summed E-state index contributed by atoms with van der Waals surface area (Å²) in [5.41, 5.74) is 6.16. The molecule has 0 bridgehead atoms. The Labute approximate surface area is 104 Å². The third kappa shape index (κ3) is 1.92. The topological polar surface area (TPSA) is 81.0 Å². The maximum absolute atomic E-state index is 12.1. The third-order valence-corrected chi connectivity index (χ3v) is 2.50. The number of nitriles is 1. The van der Waals surface area contributed by atoms with E-state index in [4.69, 9.17) is 15.7 Å². The normalized spacial score (nSPS) is 9.78. The van der Waals surface area contributed by atoms with Crippen LogP contribution >= 0.6 is 0 Å². The molecule has 0 aliphatic rings. The average molecular weight is 241 g/mol. The lowest BCUT2D eigenvalue weighted by Crippen LogP contribution is -2.21. The summed E-state index contributed by atoms with van der Waals surface area (Å²) in [5.74, 6) is 0.536. The highest BCUT2D eigenvalue weighted by atomic mass is 16.5. The number of nitrogen functional groups attached to an aromatic ring is 1. The van der Waals surface area contributed by atoms with Crippen LogP contribution in [0.3, 0.4) is 0 Å². The molecular weight excluding hydrogens is 230 g/mol. The number of para-hydroxylation sites is 2. The van der Waals surface area contributed by atoms with Gasteiger partial charge in [0.2, 0.25) is 0 Å². The van der Waals surface area contributed by atoms with Gasteiger partial charge in [0, 0.05) is 11.9 Å². The molecule has 5 nitrogen and oxygen atoms in total. The molecule has 0 fully saturated rings. The van der Waals surface area contributed by atoms with Crippen LogP contribution in [0.15, 0.2) is 41.3 Å². The molecule has 18 heavy (non-hydrogen) atoms. The summed E-state index contributed by atoms with van der Waals surface area (Å²) in [5, 5.41) is 8.89. The Morgan fingerprint density at radius 1 is 1.39 bits per heavy atom. The molecule has 0 aliphatic carbocycles. The van der Waals surface area contributed by atoms with E-state index in [9.17, 15) is 4.79 Å². The van der Waals surface area contributed by atoms with Crippen molar-refractivity contribution in [2.24, 2.45) is 0 Å². The van der Waals surface area contributed by atoms with E-state index in [0.717, 1.165) is 0 Å². The number of methoxy groups -OCH3 is 1. The summed E-state index contributed by atoms with van der Waals surface area (Å²) >= 11 is 0. The lowest BCUT2D eigenvalue weighted by Gasteiger charge is -2.11. The van der Waals surface area contributed by atoms with Gasteiger partial charge in [-0.25, -0.2) is 0 Å². The minimum absolute atomic E-state index is 0.000839. The standard InChI is InChI=1S/C13H11N3O2/c1-18-12-5-3-2-4-11(12)16-8-10(15)6-9(7-14)13(16)17/h2-6,8H,15H2,1H3. The number of benzene rings is 1. The van der Waals surface area contributed by atoms with Crippen LogP contribution < -0.4 is 16.0 Å². The molecule has 2 aromatic rings. The molecule has 2 rings (SSSR count). The number of rotatable bonds is 2. The van der Waals surface area contributed by atoms with E-state index in [2.05, 4.69) is 0 Å². The van der Waals surface area contributed by atoms with Crippen molar-refractivity contribution in [3.05, 3.63) is 52.4 Å². The van der Waals surface area contributed by atoms with Gasteiger partial charge in [-0.1, -0.05) is 12.1 Å². The Balaban J connectivity index is 2.76. The van der Waals surface area contributed by atoms with Gasteiger partial charge in [0.1, 0.15) is 17.4 Å². The lowest BCUT2D eigenvalue weighted by molar-refractivity contribution is 0.412. The molecule has 0 spiro atoms. The van der Waals surface area contributed by atoms with E-state index in [1.807, 2.05) is 6.07 Å². The molecule has 0 radical (unpaired) electrons. The number of aromatic nitrogens is 1. The van der Waals surface area contributed by atoms with Gasteiger partial charge in [-0.3, -0.25) is 9.36 Å². The molecule has 0 saturated heterocycles. The molecule has 2 N–H and O–H groups in total. The molecule has 0 aliphatic heterocycles. The molecule has 0 atom stereocenters. The van der Waals surface area contributed by atoms with Crippen molar-refractivity contribution in [1.29, 1.82) is 5.26 Å². The number of anilines is 1. The van der Waals surface area contributed by atoms with Crippen molar-refractivity contribution in [1.82, 2.24) is 4.57 Å². The zero-order valence-electron chi connectivity index (χ0n) is 9.75. The van der Waals surface area contributed by atoms with Crippen LogP contribution in [-0.2, 0) is 0 Å². The fourth-order valence-corrected chi connectivity index (χ4v) is 1.69. The highest BCUT2D eigenvalue weighted by Gasteiger charge is 2.10. The second-order valence-electron chi connectivity index (χ2n) is 3.65. The Morgan fingerprint density at radius 2 is 2.11 bits per heavy atom. The fourth-order valence-electron chi connectivity index (χ4n) is 1.69. The number of pyridine rings is 1. The van der Waals surface area contributed by atoms with Crippen molar-refractivity contribution in [2.75, 3.05) is 12.8 Å². The average Bonchev–Trinajstić information content (AvgIpc) is 2.41. The number of hydrogen-bond donors (Lipinski definition) is 1. The van der Waals surface area contributed by atoms with Crippen LogP contribution in [0.25, 0.3) is 5.69 Å². The van der Waals surface area contributed by atoms with Gasteiger partial charge in [0.15, 0.2) is 0 Å². The third-order valence-electron chi connectivity index (χ3n) is 2.50. The van der Waals surface area contributed by atoms with Crippen molar-refractivity contribution >= 4 is 5.69 Å². The van der Waals surface area contributed by atoms with Crippen LogP contribution in [0.2, 0.25) is 0 Å². The molecule has 5 heteroatoms. The maximum atomic E-state index is 12.1. The number of hydrogen-bond acceptors (Lipinski definition) is 4. The minimum Gasteiger partial charge on any atom is -0.495 e. The molecule has 1 aromatic heterocycles. The summed E-state index contributed by atoms with van der Waals surface area (Å²) in [7, 11) is 1.52. The smallest absolute Gasteiger partial charge is 0.273 e. The highest BCUT2D eigenvalue weighted by molar-refractivity contribution is 5.51. The Bertz CT molecular complexity index is 683. The highest BCUT2D eigenvalue weighted by Crippen LogP contribution is 2.21.